The van der Waals surface area contributed by atoms with Gasteiger partial charge in [-0.2, -0.15) is 0 Å². The van der Waals surface area contributed by atoms with E-state index in [1.165, 1.54) is 18.2 Å². The van der Waals surface area contributed by atoms with Crippen molar-refractivity contribution in [1.29, 1.82) is 0 Å². The summed E-state index contributed by atoms with van der Waals surface area (Å²) in [6, 6.07) is 7.81. The lowest BCUT2D eigenvalue weighted by atomic mass is 10.1. The van der Waals surface area contributed by atoms with Gasteiger partial charge in [-0.1, -0.05) is 11.6 Å². The highest BCUT2D eigenvalue weighted by Gasteiger charge is 2.30. The average Bonchev–Trinajstić information content (AvgIpc) is 3.16. The monoisotopic (exact) mass is 322 g/mol. The zero-order chi connectivity index (χ0) is 15.5. The van der Waals surface area contributed by atoms with Crippen LogP contribution in [0.5, 0.6) is 5.75 Å². The molecule has 1 saturated heterocycles. The second kappa shape index (κ2) is 6.40. The quantitative estimate of drug-likeness (QED) is 0.935. The minimum absolute atomic E-state index is 0.0646. The van der Waals surface area contributed by atoms with Crippen LogP contribution in [0.3, 0.4) is 0 Å². The Morgan fingerprint density at radius 2 is 2.32 bits per heavy atom. The first-order valence-corrected chi connectivity index (χ1v) is 7.53. The third-order valence-corrected chi connectivity index (χ3v) is 4.09. The summed E-state index contributed by atoms with van der Waals surface area (Å²) >= 11 is 5.89. The predicted octanol–water partition coefficient (Wildman–Crippen LogP) is 3.55. The fourth-order valence-corrected chi connectivity index (χ4v) is 2.98. The molecular formula is C16H16ClFN2O2. The van der Waals surface area contributed by atoms with Gasteiger partial charge in [-0.3, -0.25) is 4.79 Å². The van der Waals surface area contributed by atoms with Crippen LogP contribution in [0.2, 0.25) is 5.02 Å². The number of nitrogens with one attached hydrogen (secondary N) is 1. The Labute approximate surface area is 132 Å². The highest BCUT2D eigenvalue weighted by atomic mass is 35.5. The molecule has 1 aliphatic rings. The van der Waals surface area contributed by atoms with Crippen molar-refractivity contribution < 1.29 is 13.9 Å². The molecule has 22 heavy (non-hydrogen) atoms. The Morgan fingerprint density at radius 3 is 3.05 bits per heavy atom. The fraction of sp³-hybridized carbons (Fsp3) is 0.312. The number of likely N-dealkylation sites (tertiary alicyclic amines) is 1. The summed E-state index contributed by atoms with van der Waals surface area (Å²) in [5.41, 5.74) is 1.03. The number of rotatable bonds is 4. The summed E-state index contributed by atoms with van der Waals surface area (Å²) in [5, 5.41) is 0.162. The van der Waals surface area contributed by atoms with E-state index in [-0.39, 0.29) is 23.6 Å². The second-order valence-corrected chi connectivity index (χ2v) is 5.64. The Morgan fingerprint density at radius 1 is 1.45 bits per heavy atom. The first kappa shape index (κ1) is 14.9. The van der Waals surface area contributed by atoms with Crippen LogP contribution in [-0.4, -0.2) is 28.9 Å². The number of carbonyl (C=O) groups excluding carboxylic acids is 1. The van der Waals surface area contributed by atoms with E-state index in [1.54, 1.807) is 0 Å². The topological polar surface area (TPSA) is 45.3 Å². The molecule has 1 fully saturated rings. The van der Waals surface area contributed by atoms with Crippen LogP contribution in [0.15, 0.2) is 36.5 Å². The molecule has 1 atom stereocenters. The third kappa shape index (κ3) is 3.09. The molecule has 1 aliphatic heterocycles. The van der Waals surface area contributed by atoms with Crippen molar-refractivity contribution in [3.05, 3.63) is 53.1 Å². The third-order valence-electron chi connectivity index (χ3n) is 3.80. The molecule has 4 nitrogen and oxygen atoms in total. The van der Waals surface area contributed by atoms with Crippen molar-refractivity contribution >= 4 is 17.5 Å². The Kier molecular flexibility index (Phi) is 4.34. The molecule has 0 aliphatic carbocycles. The van der Waals surface area contributed by atoms with Gasteiger partial charge in [0.15, 0.2) is 6.61 Å². The van der Waals surface area contributed by atoms with Gasteiger partial charge in [-0.15, -0.1) is 0 Å². The molecule has 2 aromatic rings. The van der Waals surface area contributed by atoms with Crippen LogP contribution in [0.1, 0.15) is 24.6 Å². The van der Waals surface area contributed by atoms with Gasteiger partial charge >= 0.3 is 0 Å². The number of amides is 1. The number of halogens is 2. The Hall–Kier alpha value is -2.01. The first-order valence-electron chi connectivity index (χ1n) is 7.16. The molecule has 0 bridgehead atoms. The second-order valence-electron chi connectivity index (χ2n) is 5.23. The van der Waals surface area contributed by atoms with Crippen LogP contribution in [0.25, 0.3) is 0 Å². The lowest BCUT2D eigenvalue weighted by Crippen LogP contribution is -2.34. The van der Waals surface area contributed by atoms with Gasteiger partial charge in [-0.25, -0.2) is 4.39 Å². The van der Waals surface area contributed by atoms with Gasteiger partial charge in [0.2, 0.25) is 0 Å². The molecule has 1 amide bonds. The largest absolute Gasteiger partial charge is 0.482 e. The van der Waals surface area contributed by atoms with Gasteiger partial charge in [-0.05, 0) is 43.2 Å². The normalized spacial score (nSPS) is 17.7. The lowest BCUT2D eigenvalue weighted by Gasteiger charge is -2.24. The number of carbonyl (C=O) groups is 1. The number of nitrogens with zero attached hydrogens (tertiary/aromatic N) is 1. The first-order chi connectivity index (χ1) is 10.6. The average molecular weight is 323 g/mol. The maximum atomic E-state index is 13.0. The molecule has 2 heterocycles. The van der Waals surface area contributed by atoms with E-state index in [9.17, 15) is 9.18 Å². The van der Waals surface area contributed by atoms with E-state index in [4.69, 9.17) is 16.3 Å². The molecule has 3 rings (SSSR count). The van der Waals surface area contributed by atoms with Crippen LogP contribution in [0, 0.1) is 5.82 Å². The van der Waals surface area contributed by atoms with Crippen LogP contribution in [-0.2, 0) is 4.79 Å². The summed E-state index contributed by atoms with van der Waals surface area (Å²) in [4.78, 5) is 17.3. The molecule has 1 aromatic carbocycles. The van der Waals surface area contributed by atoms with E-state index in [1.807, 2.05) is 23.2 Å². The zero-order valence-electron chi connectivity index (χ0n) is 11.9. The van der Waals surface area contributed by atoms with Crippen molar-refractivity contribution in [2.45, 2.75) is 18.9 Å². The summed E-state index contributed by atoms with van der Waals surface area (Å²) in [5.74, 6) is -0.223. The van der Waals surface area contributed by atoms with Gasteiger partial charge < -0.3 is 14.6 Å². The Balaban J connectivity index is 1.64. The van der Waals surface area contributed by atoms with Gasteiger partial charge in [0.1, 0.15) is 11.6 Å². The van der Waals surface area contributed by atoms with Crippen molar-refractivity contribution in [2.75, 3.05) is 13.2 Å². The molecule has 116 valence electrons. The number of H-pyrrole nitrogens is 1. The molecule has 0 radical (unpaired) electrons. The van der Waals surface area contributed by atoms with E-state index >= 15 is 0 Å². The minimum Gasteiger partial charge on any atom is -0.482 e. The highest BCUT2D eigenvalue weighted by Crippen LogP contribution is 2.31. The highest BCUT2D eigenvalue weighted by molar-refractivity contribution is 6.32. The lowest BCUT2D eigenvalue weighted by molar-refractivity contribution is -0.134. The summed E-state index contributed by atoms with van der Waals surface area (Å²) in [7, 11) is 0. The van der Waals surface area contributed by atoms with Crippen LogP contribution in [0.4, 0.5) is 4.39 Å². The van der Waals surface area contributed by atoms with E-state index in [0.717, 1.165) is 18.5 Å². The summed E-state index contributed by atoms with van der Waals surface area (Å²) in [6.07, 6.45) is 3.75. The van der Waals surface area contributed by atoms with Crippen molar-refractivity contribution in [3.63, 3.8) is 0 Å². The summed E-state index contributed by atoms with van der Waals surface area (Å²) < 4.78 is 18.4. The number of hydrogen-bond donors (Lipinski definition) is 1. The van der Waals surface area contributed by atoms with E-state index < -0.39 is 5.82 Å². The smallest absolute Gasteiger partial charge is 0.261 e. The summed E-state index contributed by atoms with van der Waals surface area (Å²) in [6.45, 7) is 0.603. The van der Waals surface area contributed by atoms with Crippen molar-refractivity contribution in [3.8, 4) is 5.75 Å². The molecule has 0 saturated carbocycles. The zero-order valence-corrected chi connectivity index (χ0v) is 12.6. The maximum absolute atomic E-state index is 13.0. The number of benzene rings is 1. The Bertz CT molecular complexity index is 660. The molecule has 1 unspecified atom stereocenters. The van der Waals surface area contributed by atoms with Crippen molar-refractivity contribution in [1.82, 2.24) is 9.88 Å². The molecular weight excluding hydrogens is 307 g/mol. The molecule has 0 spiro atoms. The SMILES string of the molecule is O=C(COc1ccc(F)cc1Cl)N1CCCC1c1ccc[nH]1. The van der Waals surface area contributed by atoms with Gasteiger partial charge in [0.25, 0.3) is 5.91 Å². The standard InChI is InChI=1S/C16H16ClFN2O2/c17-12-9-11(18)5-6-15(12)22-10-16(21)20-8-2-4-14(20)13-3-1-7-19-13/h1,3,5-7,9,14,19H,2,4,8,10H2. The van der Waals surface area contributed by atoms with E-state index in [0.29, 0.717) is 12.3 Å². The molecule has 1 aromatic heterocycles. The number of aromatic nitrogens is 1. The molecule has 1 N–H and O–H groups in total. The van der Waals surface area contributed by atoms with Crippen molar-refractivity contribution in [2.24, 2.45) is 0 Å². The van der Waals surface area contributed by atoms with E-state index in [2.05, 4.69) is 4.98 Å². The van der Waals surface area contributed by atoms with Crippen LogP contribution < -0.4 is 4.74 Å². The fourth-order valence-electron chi connectivity index (χ4n) is 2.75. The maximum Gasteiger partial charge on any atom is 0.261 e. The van der Waals surface area contributed by atoms with Gasteiger partial charge in [0, 0.05) is 18.4 Å². The number of aromatic amines is 1. The minimum atomic E-state index is -0.435. The molecule has 6 heteroatoms. The predicted molar refractivity (Wildman–Crippen MR) is 81.4 cm³/mol. The number of ether oxygens (including phenoxy) is 1. The van der Waals surface area contributed by atoms with Crippen LogP contribution >= 0.6 is 11.6 Å². The number of hydrogen-bond acceptors (Lipinski definition) is 2. The van der Waals surface area contributed by atoms with Gasteiger partial charge in [0.05, 0.1) is 11.1 Å².